The van der Waals surface area contributed by atoms with E-state index in [2.05, 4.69) is 11.3 Å². The third-order valence-electron chi connectivity index (χ3n) is 6.02. The molecule has 0 aliphatic carbocycles. The topological polar surface area (TPSA) is 102 Å². The van der Waals surface area contributed by atoms with E-state index in [1.54, 1.807) is 56.7 Å². The summed E-state index contributed by atoms with van der Waals surface area (Å²) in [6.45, 7) is 3.10. The summed E-state index contributed by atoms with van der Waals surface area (Å²) in [7, 11) is 3.12. The van der Waals surface area contributed by atoms with Crippen molar-refractivity contribution in [2.75, 3.05) is 27.4 Å². The molecule has 3 aromatic carbocycles. The summed E-state index contributed by atoms with van der Waals surface area (Å²) in [6.07, 6.45) is -1.95. The molecule has 0 aliphatic rings. The fourth-order valence-electron chi connectivity index (χ4n) is 3.82. The van der Waals surface area contributed by atoms with Gasteiger partial charge in [0.05, 0.1) is 20.5 Å². The molecule has 0 bridgehead atoms. The predicted octanol–water partition coefficient (Wildman–Crippen LogP) is 6.39. The molecule has 0 fully saturated rings. The first kappa shape index (κ1) is 33.4. The highest BCUT2D eigenvalue weighted by Crippen LogP contribution is 2.32. The maximum absolute atomic E-state index is 12.8. The molecule has 0 saturated heterocycles. The summed E-state index contributed by atoms with van der Waals surface area (Å²) in [5.41, 5.74) is 2.66. The number of amides is 1. The molecule has 0 aliphatic heterocycles. The molecular formula is C32H32F3NO8. The first-order valence-corrected chi connectivity index (χ1v) is 13.3. The molecule has 0 aromatic heterocycles. The Hall–Kier alpha value is -5.13. The van der Waals surface area contributed by atoms with Gasteiger partial charge in [-0.15, -0.1) is 0 Å². The summed E-state index contributed by atoms with van der Waals surface area (Å²) < 4.78 is 70.4. The van der Waals surface area contributed by atoms with Crippen LogP contribution in [0.4, 0.5) is 18.0 Å². The Morgan fingerprint density at radius 1 is 0.864 bits per heavy atom. The predicted molar refractivity (Wildman–Crippen MR) is 156 cm³/mol. The molecule has 234 valence electrons. The number of hydrogen-bond donors (Lipinski definition) is 1. The lowest BCUT2D eigenvalue weighted by Gasteiger charge is -2.17. The molecule has 1 N–H and O–H groups in total. The van der Waals surface area contributed by atoms with E-state index in [9.17, 15) is 22.8 Å². The Morgan fingerprint density at radius 3 is 2.00 bits per heavy atom. The van der Waals surface area contributed by atoms with Crippen molar-refractivity contribution in [3.8, 4) is 23.0 Å². The number of rotatable bonds is 15. The highest BCUT2D eigenvalue weighted by molar-refractivity contribution is 5.81. The second-order valence-electron chi connectivity index (χ2n) is 9.02. The summed E-state index contributed by atoms with van der Waals surface area (Å²) in [5, 5.41) is 1.88. The van der Waals surface area contributed by atoms with E-state index >= 15 is 0 Å². The molecule has 1 amide bonds. The van der Waals surface area contributed by atoms with Crippen LogP contribution in [-0.2, 0) is 33.9 Å². The van der Waals surface area contributed by atoms with E-state index in [-0.39, 0.29) is 32.8 Å². The number of carbonyl (C=O) groups is 2. The van der Waals surface area contributed by atoms with Gasteiger partial charge in [0, 0.05) is 18.2 Å². The summed E-state index contributed by atoms with van der Waals surface area (Å²) in [4.78, 5) is 22.9. The van der Waals surface area contributed by atoms with Gasteiger partial charge in [-0.2, -0.15) is 13.2 Å². The molecule has 12 heteroatoms. The number of carbonyl (C=O) groups excluding carboxylic acids is 2. The monoisotopic (exact) mass is 615 g/mol. The third-order valence-corrected chi connectivity index (χ3v) is 6.02. The highest BCUT2D eigenvalue weighted by atomic mass is 19.4. The number of ether oxygens (including phenoxy) is 6. The van der Waals surface area contributed by atoms with Gasteiger partial charge < -0.3 is 33.7 Å². The average Bonchev–Trinajstić information content (AvgIpc) is 3.01. The Labute approximate surface area is 252 Å². The van der Waals surface area contributed by atoms with Crippen molar-refractivity contribution in [1.82, 2.24) is 5.32 Å². The van der Waals surface area contributed by atoms with Gasteiger partial charge in [0.25, 0.3) is 0 Å². The minimum atomic E-state index is -5.02. The zero-order valence-corrected chi connectivity index (χ0v) is 24.1. The van der Waals surface area contributed by atoms with E-state index in [0.29, 0.717) is 34.1 Å². The van der Waals surface area contributed by atoms with E-state index in [1.807, 2.05) is 29.6 Å². The highest BCUT2D eigenvalue weighted by Gasteiger charge is 2.38. The SMILES string of the molecule is C=COC(=O)OC/C=C\c1c(CCNC(=O)C(F)(F)F)cc(OCc2ccc(OC)cc2)cc1OCc1ccc(OC)cc1. The lowest BCUT2D eigenvalue weighted by molar-refractivity contribution is -0.173. The van der Waals surface area contributed by atoms with Crippen LogP contribution in [0.2, 0.25) is 0 Å². The molecule has 0 atom stereocenters. The van der Waals surface area contributed by atoms with Crippen LogP contribution in [0.25, 0.3) is 6.08 Å². The van der Waals surface area contributed by atoms with Gasteiger partial charge in [0.1, 0.15) is 42.8 Å². The number of halogens is 3. The van der Waals surface area contributed by atoms with Gasteiger partial charge in [-0.3, -0.25) is 4.79 Å². The Kier molecular flexibility index (Phi) is 12.5. The third kappa shape index (κ3) is 10.6. The van der Waals surface area contributed by atoms with E-state index < -0.39 is 18.2 Å². The maximum atomic E-state index is 12.8. The van der Waals surface area contributed by atoms with Crippen molar-refractivity contribution in [2.45, 2.75) is 25.8 Å². The summed E-state index contributed by atoms with van der Waals surface area (Å²) in [5.74, 6) is 0.0286. The molecule has 0 unspecified atom stereocenters. The Morgan fingerprint density at radius 2 is 1.45 bits per heavy atom. The number of methoxy groups -OCH3 is 2. The Bertz CT molecular complexity index is 1420. The number of nitrogens with one attached hydrogen (secondary N) is 1. The molecule has 3 aromatic rings. The molecule has 0 heterocycles. The van der Waals surface area contributed by atoms with Crippen LogP contribution >= 0.6 is 0 Å². The molecule has 0 radical (unpaired) electrons. The maximum Gasteiger partial charge on any atom is 0.513 e. The van der Waals surface area contributed by atoms with Gasteiger partial charge in [-0.05, 0) is 59.5 Å². The zero-order chi connectivity index (χ0) is 32.0. The standard InChI is InChI=1S/C32H32F3NO8/c1-4-41-31(38)42-17-5-6-28-24(15-16-36-30(37)32(33,34)35)18-27(43-20-22-7-11-25(39-2)12-8-22)19-29(28)44-21-23-9-13-26(40-3)14-10-23/h4-14,18-19H,1,15-17,20-21H2,2-3H3,(H,36,37)/b6-5-. The number of alkyl halides is 3. The molecule has 0 spiro atoms. The molecule has 0 saturated carbocycles. The molecular weight excluding hydrogens is 583 g/mol. The normalized spacial score (nSPS) is 11.0. The van der Waals surface area contributed by atoms with Crippen molar-refractivity contribution in [3.05, 3.63) is 102 Å². The van der Waals surface area contributed by atoms with E-state index in [0.717, 1.165) is 17.4 Å². The minimum absolute atomic E-state index is 0.000508. The lowest BCUT2D eigenvalue weighted by atomic mass is 10.0. The number of benzene rings is 3. The van der Waals surface area contributed by atoms with Gasteiger partial charge in [0.2, 0.25) is 0 Å². The van der Waals surface area contributed by atoms with Gasteiger partial charge in [-0.1, -0.05) is 36.9 Å². The fraction of sp³-hybridized carbons (Fsp3) is 0.250. The van der Waals surface area contributed by atoms with Crippen LogP contribution in [0.3, 0.4) is 0 Å². The van der Waals surface area contributed by atoms with Crippen molar-refractivity contribution < 1.29 is 51.2 Å². The van der Waals surface area contributed by atoms with Gasteiger partial charge in [-0.25, -0.2) is 4.79 Å². The van der Waals surface area contributed by atoms with Crippen molar-refractivity contribution in [1.29, 1.82) is 0 Å². The lowest BCUT2D eigenvalue weighted by Crippen LogP contribution is -2.37. The van der Waals surface area contributed by atoms with E-state index in [4.69, 9.17) is 23.7 Å². The number of hydrogen-bond acceptors (Lipinski definition) is 8. The van der Waals surface area contributed by atoms with Crippen molar-refractivity contribution in [3.63, 3.8) is 0 Å². The van der Waals surface area contributed by atoms with Crippen molar-refractivity contribution in [2.24, 2.45) is 0 Å². The van der Waals surface area contributed by atoms with Crippen LogP contribution in [-0.4, -0.2) is 45.6 Å². The first-order valence-electron chi connectivity index (χ1n) is 13.3. The average molecular weight is 616 g/mol. The summed E-state index contributed by atoms with van der Waals surface area (Å²) in [6, 6.07) is 17.8. The molecule has 9 nitrogen and oxygen atoms in total. The smallest absolute Gasteiger partial charge is 0.497 e. The van der Waals surface area contributed by atoms with Crippen LogP contribution in [0.15, 0.2) is 79.6 Å². The van der Waals surface area contributed by atoms with Gasteiger partial charge in [0.15, 0.2) is 0 Å². The molecule has 3 rings (SSSR count). The quantitative estimate of drug-likeness (QED) is 0.155. The van der Waals surface area contributed by atoms with Crippen LogP contribution in [0.5, 0.6) is 23.0 Å². The van der Waals surface area contributed by atoms with Gasteiger partial charge >= 0.3 is 18.2 Å². The van der Waals surface area contributed by atoms with Crippen molar-refractivity contribution >= 4 is 18.1 Å². The van der Waals surface area contributed by atoms with Crippen LogP contribution in [0.1, 0.15) is 22.3 Å². The second-order valence-corrected chi connectivity index (χ2v) is 9.02. The minimum Gasteiger partial charge on any atom is -0.497 e. The second kappa shape index (κ2) is 16.5. The van der Waals surface area contributed by atoms with E-state index in [1.165, 1.54) is 6.08 Å². The van der Waals surface area contributed by atoms with Crippen LogP contribution < -0.4 is 24.3 Å². The fourth-order valence-corrected chi connectivity index (χ4v) is 3.82. The summed E-state index contributed by atoms with van der Waals surface area (Å²) >= 11 is 0. The Balaban J connectivity index is 1.92. The molecule has 44 heavy (non-hydrogen) atoms. The first-order chi connectivity index (χ1) is 21.1. The zero-order valence-electron chi connectivity index (χ0n) is 24.1. The largest absolute Gasteiger partial charge is 0.513 e. The van der Waals surface area contributed by atoms with Crippen LogP contribution in [0, 0.1) is 0 Å².